The van der Waals surface area contributed by atoms with Gasteiger partial charge in [-0.05, 0) is 35.2 Å². The van der Waals surface area contributed by atoms with Crippen LogP contribution in [0.4, 0.5) is 0 Å². The molecule has 24 heavy (non-hydrogen) atoms. The van der Waals surface area contributed by atoms with E-state index >= 15 is 0 Å². The number of aromatic nitrogens is 3. The maximum Gasteiger partial charge on any atom is 0.223 e. The molecule has 0 radical (unpaired) electrons. The van der Waals surface area contributed by atoms with Crippen molar-refractivity contribution in [2.24, 2.45) is 0 Å². The van der Waals surface area contributed by atoms with E-state index in [-0.39, 0.29) is 0 Å². The molecule has 5 nitrogen and oxygen atoms in total. The van der Waals surface area contributed by atoms with Crippen LogP contribution in [0.15, 0.2) is 59.3 Å². The lowest BCUT2D eigenvalue weighted by molar-refractivity contribution is 0.394. The van der Waals surface area contributed by atoms with E-state index in [1.807, 2.05) is 18.2 Å². The highest BCUT2D eigenvalue weighted by molar-refractivity contribution is 5.84. The SMILES string of the molecule is COc1ccc(Cn2ccc3ccc(-c4noc(C)n4)cc32)cc1. The number of benzene rings is 2. The van der Waals surface area contributed by atoms with Gasteiger partial charge in [0.15, 0.2) is 0 Å². The molecule has 0 amide bonds. The number of rotatable bonds is 4. The number of fused-ring (bicyclic) bond motifs is 1. The highest BCUT2D eigenvalue weighted by Gasteiger charge is 2.09. The summed E-state index contributed by atoms with van der Waals surface area (Å²) in [7, 11) is 1.68. The summed E-state index contributed by atoms with van der Waals surface area (Å²) in [5, 5.41) is 5.19. The van der Waals surface area contributed by atoms with Crippen molar-refractivity contribution in [2.45, 2.75) is 13.5 Å². The van der Waals surface area contributed by atoms with E-state index in [1.165, 1.54) is 10.9 Å². The molecule has 0 aliphatic carbocycles. The Bertz CT molecular complexity index is 983. The summed E-state index contributed by atoms with van der Waals surface area (Å²) in [5.74, 6) is 2.05. The minimum absolute atomic E-state index is 0.568. The van der Waals surface area contributed by atoms with Gasteiger partial charge in [-0.2, -0.15) is 4.98 Å². The van der Waals surface area contributed by atoms with Crippen LogP contribution in [0.3, 0.4) is 0 Å². The molecule has 0 aliphatic heterocycles. The van der Waals surface area contributed by atoms with E-state index in [2.05, 4.69) is 51.2 Å². The molecule has 4 aromatic rings. The van der Waals surface area contributed by atoms with Crippen LogP contribution in [0.1, 0.15) is 11.5 Å². The van der Waals surface area contributed by atoms with E-state index in [9.17, 15) is 0 Å². The Kier molecular flexibility index (Phi) is 3.54. The summed E-state index contributed by atoms with van der Waals surface area (Å²) in [6.45, 7) is 2.59. The molecule has 0 fully saturated rings. The van der Waals surface area contributed by atoms with Crippen LogP contribution in [0.2, 0.25) is 0 Å². The van der Waals surface area contributed by atoms with Gasteiger partial charge >= 0.3 is 0 Å². The Morgan fingerprint density at radius 2 is 1.92 bits per heavy atom. The average Bonchev–Trinajstić information content (AvgIpc) is 3.22. The zero-order valence-electron chi connectivity index (χ0n) is 13.6. The maximum absolute atomic E-state index is 5.21. The molecule has 5 heteroatoms. The molecule has 2 aromatic carbocycles. The molecular formula is C19H17N3O2. The van der Waals surface area contributed by atoms with Crippen molar-refractivity contribution in [3.63, 3.8) is 0 Å². The molecular weight excluding hydrogens is 302 g/mol. The van der Waals surface area contributed by atoms with Crippen molar-refractivity contribution < 1.29 is 9.26 Å². The van der Waals surface area contributed by atoms with Gasteiger partial charge in [0, 0.05) is 30.7 Å². The van der Waals surface area contributed by atoms with Crippen LogP contribution >= 0.6 is 0 Å². The first kappa shape index (κ1) is 14.5. The smallest absolute Gasteiger partial charge is 0.223 e. The second-order valence-electron chi connectivity index (χ2n) is 5.70. The Labute approximate surface area is 139 Å². The Balaban J connectivity index is 1.70. The Morgan fingerprint density at radius 3 is 2.62 bits per heavy atom. The fourth-order valence-corrected chi connectivity index (χ4v) is 2.81. The molecule has 2 heterocycles. The molecule has 0 aliphatic rings. The monoisotopic (exact) mass is 319 g/mol. The third-order valence-corrected chi connectivity index (χ3v) is 4.07. The van der Waals surface area contributed by atoms with E-state index in [0.29, 0.717) is 11.7 Å². The van der Waals surface area contributed by atoms with Gasteiger partial charge in [-0.25, -0.2) is 0 Å². The van der Waals surface area contributed by atoms with E-state index in [0.717, 1.165) is 23.4 Å². The third-order valence-electron chi connectivity index (χ3n) is 4.07. The molecule has 4 rings (SSSR count). The fourth-order valence-electron chi connectivity index (χ4n) is 2.81. The number of nitrogens with zero attached hydrogens (tertiary/aromatic N) is 3. The predicted octanol–water partition coefficient (Wildman–Crippen LogP) is 4.06. The Hall–Kier alpha value is -3.08. The van der Waals surface area contributed by atoms with Gasteiger partial charge in [-0.1, -0.05) is 29.4 Å². The molecule has 120 valence electrons. The average molecular weight is 319 g/mol. The van der Waals surface area contributed by atoms with E-state index < -0.39 is 0 Å². The number of ether oxygens (including phenoxy) is 1. The van der Waals surface area contributed by atoms with Gasteiger partial charge in [0.05, 0.1) is 7.11 Å². The van der Waals surface area contributed by atoms with Crippen LogP contribution < -0.4 is 4.74 Å². The highest BCUT2D eigenvalue weighted by atomic mass is 16.5. The van der Waals surface area contributed by atoms with Gasteiger partial charge in [-0.3, -0.25) is 0 Å². The standard InChI is InChI=1S/C19H17N3O2/c1-13-20-19(21-24-13)16-6-5-15-9-10-22(18(15)11-16)12-14-3-7-17(23-2)8-4-14/h3-11H,12H2,1-2H3. The summed E-state index contributed by atoms with van der Waals surface area (Å²) in [6, 6.07) is 16.4. The van der Waals surface area contributed by atoms with Crippen molar-refractivity contribution in [3.05, 3.63) is 66.2 Å². The quantitative estimate of drug-likeness (QED) is 0.569. The lowest BCUT2D eigenvalue weighted by atomic mass is 10.1. The maximum atomic E-state index is 5.21. The minimum Gasteiger partial charge on any atom is -0.497 e. The van der Waals surface area contributed by atoms with E-state index in [4.69, 9.17) is 9.26 Å². The van der Waals surface area contributed by atoms with Crippen molar-refractivity contribution >= 4 is 10.9 Å². The van der Waals surface area contributed by atoms with Crippen molar-refractivity contribution in [1.29, 1.82) is 0 Å². The summed E-state index contributed by atoms with van der Waals surface area (Å²) in [4.78, 5) is 4.30. The molecule has 0 saturated carbocycles. The zero-order valence-corrected chi connectivity index (χ0v) is 13.6. The van der Waals surface area contributed by atoms with Crippen molar-refractivity contribution in [2.75, 3.05) is 7.11 Å². The molecule has 0 bridgehead atoms. The summed E-state index contributed by atoms with van der Waals surface area (Å²) >= 11 is 0. The molecule has 0 spiro atoms. The van der Waals surface area contributed by atoms with Crippen LogP contribution in [-0.4, -0.2) is 21.8 Å². The molecule has 0 unspecified atom stereocenters. The summed E-state index contributed by atoms with van der Waals surface area (Å²) in [6.07, 6.45) is 2.10. The zero-order chi connectivity index (χ0) is 16.5. The molecule has 2 aromatic heterocycles. The first-order chi connectivity index (χ1) is 11.7. The topological polar surface area (TPSA) is 53.1 Å². The predicted molar refractivity (Wildman–Crippen MR) is 92.1 cm³/mol. The second kappa shape index (κ2) is 5.85. The lowest BCUT2D eigenvalue weighted by Crippen LogP contribution is -1.98. The highest BCUT2D eigenvalue weighted by Crippen LogP contribution is 2.24. The van der Waals surface area contributed by atoms with Crippen LogP contribution in [-0.2, 0) is 6.54 Å². The van der Waals surface area contributed by atoms with Gasteiger partial charge in [0.25, 0.3) is 0 Å². The van der Waals surface area contributed by atoms with Crippen LogP contribution in [0, 0.1) is 6.92 Å². The molecule has 0 atom stereocenters. The molecule has 0 saturated heterocycles. The second-order valence-corrected chi connectivity index (χ2v) is 5.70. The number of hydrogen-bond acceptors (Lipinski definition) is 4. The number of methoxy groups -OCH3 is 1. The number of hydrogen-bond donors (Lipinski definition) is 0. The van der Waals surface area contributed by atoms with Gasteiger partial charge in [-0.15, -0.1) is 0 Å². The first-order valence-electron chi connectivity index (χ1n) is 7.75. The fraction of sp³-hybridized carbons (Fsp3) is 0.158. The normalized spacial score (nSPS) is 11.1. The van der Waals surface area contributed by atoms with Crippen molar-refractivity contribution in [1.82, 2.24) is 14.7 Å². The minimum atomic E-state index is 0.568. The first-order valence-corrected chi connectivity index (χ1v) is 7.75. The van der Waals surface area contributed by atoms with Gasteiger partial charge in [0.1, 0.15) is 5.75 Å². The van der Waals surface area contributed by atoms with Gasteiger partial charge in [0.2, 0.25) is 11.7 Å². The Morgan fingerprint density at radius 1 is 1.08 bits per heavy atom. The van der Waals surface area contributed by atoms with Gasteiger partial charge < -0.3 is 13.8 Å². The van der Waals surface area contributed by atoms with Crippen LogP contribution in [0.25, 0.3) is 22.3 Å². The number of aryl methyl sites for hydroxylation is 1. The van der Waals surface area contributed by atoms with Crippen LogP contribution in [0.5, 0.6) is 5.75 Å². The van der Waals surface area contributed by atoms with E-state index in [1.54, 1.807) is 14.0 Å². The third kappa shape index (κ3) is 2.65. The largest absolute Gasteiger partial charge is 0.497 e. The lowest BCUT2D eigenvalue weighted by Gasteiger charge is -2.07. The summed E-state index contributed by atoms with van der Waals surface area (Å²) < 4.78 is 12.5. The summed E-state index contributed by atoms with van der Waals surface area (Å²) in [5.41, 5.74) is 3.31. The molecule has 0 N–H and O–H groups in total. The van der Waals surface area contributed by atoms with Crippen molar-refractivity contribution in [3.8, 4) is 17.1 Å².